The quantitative estimate of drug-likeness (QED) is 0.505. The van der Waals surface area contributed by atoms with Crippen molar-refractivity contribution in [3.63, 3.8) is 0 Å². The number of hydrogen-bond donors (Lipinski definition) is 0. The van der Waals surface area contributed by atoms with Gasteiger partial charge in [-0.1, -0.05) is 52.3 Å². The molecule has 0 bridgehead atoms. The lowest BCUT2D eigenvalue weighted by Gasteiger charge is -2.49. The molecule has 128 valence electrons. The van der Waals surface area contributed by atoms with Crippen LogP contribution >= 0.6 is 0 Å². The Hall–Kier alpha value is -1.25. The summed E-state index contributed by atoms with van der Waals surface area (Å²) in [5.41, 5.74) is 0.560. The maximum Gasteiger partial charge on any atom is 0.509 e. The number of carbonyl (C=O) groups excluding carboxylic acids is 1. The highest BCUT2D eigenvalue weighted by Gasteiger charge is 2.62. The maximum absolute atomic E-state index is 12.2. The highest BCUT2D eigenvalue weighted by atomic mass is 16.8. The molecule has 1 aliphatic heterocycles. The highest BCUT2D eigenvalue weighted by molar-refractivity contribution is 5.65. The van der Waals surface area contributed by atoms with E-state index in [4.69, 9.17) is 9.47 Å². The van der Waals surface area contributed by atoms with Gasteiger partial charge in [-0.3, -0.25) is 0 Å². The Labute approximate surface area is 140 Å². The third-order valence-electron chi connectivity index (χ3n) is 6.27. The molecule has 3 nitrogen and oxygen atoms in total. The van der Waals surface area contributed by atoms with Gasteiger partial charge < -0.3 is 9.47 Å². The maximum atomic E-state index is 12.2. The molecule has 3 atom stereocenters. The summed E-state index contributed by atoms with van der Waals surface area (Å²) in [5, 5.41) is 0. The lowest BCUT2D eigenvalue weighted by Crippen LogP contribution is -2.55. The minimum Gasteiger partial charge on any atom is -0.423 e. The summed E-state index contributed by atoms with van der Waals surface area (Å²) in [5.74, 6) is 0. The molecule has 0 amide bonds. The summed E-state index contributed by atoms with van der Waals surface area (Å²) < 4.78 is 11.8. The van der Waals surface area contributed by atoms with Gasteiger partial charge in [0.25, 0.3) is 0 Å². The van der Waals surface area contributed by atoms with Gasteiger partial charge in [-0.2, -0.15) is 0 Å². The first-order chi connectivity index (χ1) is 10.8. The average Bonchev–Trinajstić information content (AvgIpc) is 2.82. The molecule has 23 heavy (non-hydrogen) atoms. The topological polar surface area (TPSA) is 35.5 Å². The number of rotatable bonds is 3. The normalized spacial score (nSPS) is 39.9. The molecule has 3 aliphatic rings. The van der Waals surface area contributed by atoms with Crippen molar-refractivity contribution < 1.29 is 14.3 Å². The Morgan fingerprint density at radius 3 is 2.83 bits per heavy atom. The smallest absolute Gasteiger partial charge is 0.423 e. The van der Waals surface area contributed by atoms with Crippen molar-refractivity contribution in [1.29, 1.82) is 0 Å². The van der Waals surface area contributed by atoms with Crippen LogP contribution in [0.3, 0.4) is 0 Å². The van der Waals surface area contributed by atoms with Crippen LogP contribution in [0.25, 0.3) is 0 Å². The van der Waals surface area contributed by atoms with Crippen LogP contribution in [0.15, 0.2) is 23.8 Å². The Morgan fingerprint density at radius 2 is 2.09 bits per heavy atom. The lowest BCUT2D eigenvalue weighted by molar-refractivity contribution is -0.0740. The van der Waals surface area contributed by atoms with E-state index < -0.39 is 11.8 Å². The zero-order valence-corrected chi connectivity index (χ0v) is 15.0. The predicted molar refractivity (Wildman–Crippen MR) is 91.2 cm³/mol. The summed E-state index contributed by atoms with van der Waals surface area (Å²) in [6.07, 6.45) is 13.5. The summed E-state index contributed by atoms with van der Waals surface area (Å²) >= 11 is 0. The summed E-state index contributed by atoms with van der Waals surface area (Å²) in [4.78, 5) is 12.2. The molecule has 3 rings (SSSR count). The second-order valence-corrected chi connectivity index (χ2v) is 8.30. The van der Waals surface area contributed by atoms with Crippen molar-refractivity contribution in [3.8, 4) is 0 Å². The molecule has 0 radical (unpaired) electrons. The number of carbonyl (C=O) groups is 1. The summed E-state index contributed by atoms with van der Waals surface area (Å²) in [6.45, 7) is 8.90. The van der Waals surface area contributed by atoms with Gasteiger partial charge in [-0.15, -0.1) is 0 Å². The molecule has 2 aliphatic carbocycles. The van der Waals surface area contributed by atoms with Crippen LogP contribution in [0.5, 0.6) is 0 Å². The molecule has 0 N–H and O–H groups in total. The van der Waals surface area contributed by atoms with Crippen LogP contribution in [-0.4, -0.2) is 17.9 Å². The van der Waals surface area contributed by atoms with Crippen molar-refractivity contribution >= 4 is 6.16 Å². The van der Waals surface area contributed by atoms with E-state index in [1.54, 1.807) is 0 Å². The van der Waals surface area contributed by atoms with Crippen molar-refractivity contribution in [2.75, 3.05) is 0 Å². The predicted octanol–water partition coefficient (Wildman–Crippen LogP) is 5.55. The van der Waals surface area contributed by atoms with Crippen LogP contribution in [-0.2, 0) is 9.47 Å². The van der Waals surface area contributed by atoms with Gasteiger partial charge in [0.1, 0.15) is 0 Å². The van der Waals surface area contributed by atoms with E-state index in [9.17, 15) is 4.79 Å². The van der Waals surface area contributed by atoms with E-state index in [-0.39, 0.29) is 16.9 Å². The van der Waals surface area contributed by atoms with Crippen LogP contribution < -0.4 is 0 Å². The zero-order valence-electron chi connectivity index (χ0n) is 15.0. The number of allylic oxidation sites excluding steroid dienone is 3. The molecule has 1 fully saturated rings. The van der Waals surface area contributed by atoms with Crippen LogP contribution in [0.2, 0.25) is 0 Å². The molecule has 0 spiro atoms. The molecule has 0 aromatic rings. The number of ether oxygens (including phenoxy) is 2. The first kappa shape index (κ1) is 16.6. The third kappa shape index (κ3) is 2.53. The van der Waals surface area contributed by atoms with E-state index in [2.05, 4.69) is 45.9 Å². The number of unbranched alkanes of at least 4 members (excludes halogenated alkanes) is 1. The Kier molecular flexibility index (Phi) is 4.10. The largest absolute Gasteiger partial charge is 0.509 e. The molecule has 1 heterocycles. The molecule has 0 aromatic carbocycles. The standard InChI is InChI=1S/C20H30O3/c1-5-6-14-20-16(22-17(21)23-20)15-10-7-8-12-19(15,4)13-9-11-18(20,2)3/h9-10,13,16H,5-8,11-12,14H2,1-4H3/b13-9+/t16-,19+,20-/m1/s1. The Bertz CT molecular complexity index is 545. The van der Waals surface area contributed by atoms with Gasteiger partial charge in [-0.25, -0.2) is 4.79 Å². The minimum atomic E-state index is -0.546. The van der Waals surface area contributed by atoms with Crippen molar-refractivity contribution in [1.82, 2.24) is 0 Å². The van der Waals surface area contributed by atoms with Crippen molar-refractivity contribution in [3.05, 3.63) is 23.8 Å². The van der Waals surface area contributed by atoms with Gasteiger partial charge >= 0.3 is 6.16 Å². The second-order valence-electron chi connectivity index (χ2n) is 8.30. The minimum absolute atomic E-state index is 0.00907. The molecule has 0 saturated carbocycles. The molecule has 0 aromatic heterocycles. The molecule has 1 saturated heterocycles. The molecule has 0 unspecified atom stereocenters. The molecular weight excluding hydrogens is 288 g/mol. The highest BCUT2D eigenvalue weighted by Crippen LogP contribution is 2.56. The zero-order chi connectivity index (χ0) is 16.7. The third-order valence-corrected chi connectivity index (χ3v) is 6.27. The fourth-order valence-electron chi connectivity index (χ4n) is 4.66. The Morgan fingerprint density at radius 1 is 1.30 bits per heavy atom. The van der Waals surface area contributed by atoms with Crippen molar-refractivity contribution in [2.24, 2.45) is 10.8 Å². The van der Waals surface area contributed by atoms with E-state index in [0.29, 0.717) is 0 Å². The van der Waals surface area contributed by atoms with E-state index in [1.165, 1.54) is 12.0 Å². The Balaban J connectivity index is 2.13. The molecular formula is C20H30O3. The monoisotopic (exact) mass is 318 g/mol. The van der Waals surface area contributed by atoms with Crippen molar-refractivity contribution in [2.45, 2.75) is 84.3 Å². The number of fused-ring (bicyclic) bond motifs is 3. The van der Waals surface area contributed by atoms with E-state index in [0.717, 1.165) is 38.5 Å². The SMILES string of the molecule is CCCC[C@@]12OC(=O)O[C@@H]1C1=CCCC[C@@]1(C)/C=C/CC2(C)C. The van der Waals surface area contributed by atoms with Crippen LogP contribution in [0.1, 0.15) is 72.6 Å². The lowest BCUT2D eigenvalue weighted by atomic mass is 9.59. The number of hydrogen-bond acceptors (Lipinski definition) is 3. The van der Waals surface area contributed by atoms with Gasteiger partial charge in [0.15, 0.2) is 11.7 Å². The summed E-state index contributed by atoms with van der Waals surface area (Å²) in [6, 6.07) is 0. The van der Waals surface area contributed by atoms with Gasteiger partial charge in [0.05, 0.1) is 0 Å². The fourth-order valence-corrected chi connectivity index (χ4v) is 4.66. The van der Waals surface area contributed by atoms with Gasteiger partial charge in [0.2, 0.25) is 0 Å². The second kappa shape index (κ2) is 5.68. The summed E-state index contributed by atoms with van der Waals surface area (Å²) in [7, 11) is 0. The first-order valence-corrected chi connectivity index (χ1v) is 9.12. The fraction of sp³-hybridized carbons (Fsp3) is 0.750. The average molecular weight is 318 g/mol. The van der Waals surface area contributed by atoms with E-state index >= 15 is 0 Å². The van der Waals surface area contributed by atoms with Crippen LogP contribution in [0, 0.1) is 10.8 Å². The molecule has 3 heteroatoms. The first-order valence-electron chi connectivity index (χ1n) is 9.12. The van der Waals surface area contributed by atoms with E-state index in [1.807, 2.05) is 0 Å². The van der Waals surface area contributed by atoms with Gasteiger partial charge in [0, 0.05) is 10.8 Å². The van der Waals surface area contributed by atoms with Gasteiger partial charge in [-0.05, 0) is 44.1 Å². The van der Waals surface area contributed by atoms with Crippen LogP contribution in [0.4, 0.5) is 4.79 Å².